The van der Waals surface area contributed by atoms with E-state index in [1.807, 2.05) is 18.2 Å². The van der Waals surface area contributed by atoms with Gasteiger partial charge in [0.25, 0.3) is 0 Å². The van der Waals surface area contributed by atoms with Crippen molar-refractivity contribution in [3.05, 3.63) is 24.3 Å². The van der Waals surface area contributed by atoms with Crippen LogP contribution < -0.4 is 15.5 Å². The Hall–Kier alpha value is -1.79. The quantitative estimate of drug-likeness (QED) is 0.663. The maximum Gasteiger partial charge on any atom is 0.319 e. The Morgan fingerprint density at radius 2 is 1.73 bits per heavy atom. The number of hydrogen-bond acceptors (Lipinski definition) is 4. The lowest BCUT2D eigenvalue weighted by Gasteiger charge is -2.37. The summed E-state index contributed by atoms with van der Waals surface area (Å²) in [4.78, 5) is 17.7. The monoisotopic (exact) mass is 416 g/mol. The van der Waals surface area contributed by atoms with E-state index >= 15 is 0 Å². The lowest BCUT2D eigenvalue weighted by molar-refractivity contribution is -0.00517. The van der Waals surface area contributed by atoms with Gasteiger partial charge in [-0.25, -0.2) is 4.79 Å². The fraction of sp³-hybridized carbons (Fsp3) is 0.708. The molecule has 0 aromatic heterocycles. The summed E-state index contributed by atoms with van der Waals surface area (Å²) in [6, 6.07) is 8.37. The second kappa shape index (κ2) is 11.0. The van der Waals surface area contributed by atoms with E-state index in [1.165, 1.54) is 12.8 Å². The third-order valence-electron chi connectivity index (χ3n) is 6.59. The van der Waals surface area contributed by atoms with Crippen LogP contribution in [0.4, 0.5) is 16.2 Å². The van der Waals surface area contributed by atoms with E-state index in [2.05, 4.69) is 54.2 Å². The Bertz CT molecular complexity index is 661. The molecule has 3 rings (SSSR count). The summed E-state index contributed by atoms with van der Waals surface area (Å²) in [5, 5.41) is 6.28. The first-order valence-corrected chi connectivity index (χ1v) is 11.8. The van der Waals surface area contributed by atoms with E-state index in [1.54, 1.807) is 0 Å². The molecule has 2 heterocycles. The highest BCUT2D eigenvalue weighted by atomic mass is 16.5. The second-order valence-corrected chi connectivity index (χ2v) is 8.90. The van der Waals surface area contributed by atoms with Crippen LogP contribution >= 0.6 is 0 Å². The lowest BCUT2D eigenvalue weighted by Crippen LogP contribution is -2.48. The van der Waals surface area contributed by atoms with Crippen molar-refractivity contribution in [2.75, 3.05) is 42.9 Å². The zero-order valence-electron chi connectivity index (χ0n) is 19.2. The molecule has 0 saturated carbocycles. The number of para-hydroxylation sites is 2. The van der Waals surface area contributed by atoms with Crippen LogP contribution in [0.25, 0.3) is 0 Å². The van der Waals surface area contributed by atoms with E-state index in [4.69, 9.17) is 4.74 Å². The normalized spacial score (nSPS) is 23.6. The molecule has 3 atom stereocenters. The summed E-state index contributed by atoms with van der Waals surface area (Å²) in [6.45, 7) is 13.4. The predicted molar refractivity (Wildman–Crippen MR) is 124 cm³/mol. The van der Waals surface area contributed by atoms with Gasteiger partial charge in [-0.3, -0.25) is 4.90 Å². The average molecular weight is 417 g/mol. The van der Waals surface area contributed by atoms with Crippen molar-refractivity contribution in [1.29, 1.82) is 0 Å². The van der Waals surface area contributed by atoms with Gasteiger partial charge in [-0.1, -0.05) is 38.8 Å². The van der Waals surface area contributed by atoms with E-state index in [9.17, 15) is 4.79 Å². The van der Waals surface area contributed by atoms with E-state index in [0.717, 1.165) is 50.4 Å². The minimum absolute atomic E-state index is 0.119. The molecule has 0 aliphatic carbocycles. The molecule has 30 heavy (non-hydrogen) atoms. The van der Waals surface area contributed by atoms with E-state index in [-0.39, 0.29) is 18.2 Å². The third kappa shape index (κ3) is 5.88. The van der Waals surface area contributed by atoms with Crippen molar-refractivity contribution in [1.82, 2.24) is 10.2 Å². The van der Waals surface area contributed by atoms with Crippen molar-refractivity contribution in [2.24, 2.45) is 5.92 Å². The number of urea groups is 1. The van der Waals surface area contributed by atoms with Gasteiger partial charge < -0.3 is 20.3 Å². The topological polar surface area (TPSA) is 56.8 Å². The molecule has 2 aliphatic rings. The number of likely N-dealkylation sites (tertiary alicyclic amines) is 1. The molecule has 0 unspecified atom stereocenters. The van der Waals surface area contributed by atoms with Crippen LogP contribution in [0.3, 0.4) is 0 Å². The molecule has 2 N–H and O–H groups in total. The number of carbonyl (C=O) groups excluding carboxylic acids is 1. The maximum atomic E-state index is 12.8. The van der Waals surface area contributed by atoms with Crippen LogP contribution in [0.2, 0.25) is 0 Å². The minimum atomic E-state index is -0.119. The molecular weight excluding hydrogens is 376 g/mol. The number of amides is 2. The number of benzene rings is 1. The summed E-state index contributed by atoms with van der Waals surface area (Å²) in [6.07, 6.45) is 5.20. The fourth-order valence-electron chi connectivity index (χ4n) is 5.09. The van der Waals surface area contributed by atoms with Crippen LogP contribution in [0.5, 0.6) is 0 Å². The molecule has 0 spiro atoms. The molecule has 0 bridgehead atoms. The first kappa shape index (κ1) is 22.9. The number of nitrogens with one attached hydrogen (secondary N) is 2. The van der Waals surface area contributed by atoms with Crippen LogP contribution in [0.1, 0.15) is 53.4 Å². The highest BCUT2D eigenvalue weighted by Crippen LogP contribution is 2.28. The van der Waals surface area contributed by atoms with Crippen LogP contribution in [0.15, 0.2) is 24.3 Å². The predicted octanol–water partition coefficient (Wildman–Crippen LogP) is 4.32. The number of hydrogen-bond donors (Lipinski definition) is 2. The minimum Gasteiger partial charge on any atom is -0.372 e. The van der Waals surface area contributed by atoms with E-state index in [0.29, 0.717) is 18.5 Å². The SMILES string of the molecule is CCC(CC)[C@@H](CNC(=O)Nc1ccccc1N1C[C@@H](C)O[C@@H](C)C1)N1CCCC1. The first-order chi connectivity index (χ1) is 14.5. The molecule has 1 aromatic rings. The van der Waals surface area contributed by atoms with Crippen LogP contribution in [-0.2, 0) is 4.74 Å². The molecule has 2 saturated heterocycles. The molecule has 6 nitrogen and oxygen atoms in total. The van der Waals surface area contributed by atoms with Gasteiger partial charge in [0.15, 0.2) is 0 Å². The van der Waals surface area contributed by atoms with Crippen molar-refractivity contribution in [2.45, 2.75) is 71.6 Å². The Morgan fingerprint density at radius 3 is 2.37 bits per heavy atom. The van der Waals surface area contributed by atoms with Gasteiger partial charge in [0.1, 0.15) is 0 Å². The van der Waals surface area contributed by atoms with Crippen molar-refractivity contribution >= 4 is 17.4 Å². The number of morpholine rings is 1. The Balaban J connectivity index is 1.63. The van der Waals surface area contributed by atoms with Crippen molar-refractivity contribution < 1.29 is 9.53 Å². The summed E-state index contributed by atoms with van der Waals surface area (Å²) >= 11 is 0. The molecule has 1 aromatic carbocycles. The van der Waals surface area contributed by atoms with Gasteiger partial charge in [-0.2, -0.15) is 0 Å². The number of ether oxygens (including phenoxy) is 1. The first-order valence-electron chi connectivity index (χ1n) is 11.8. The number of carbonyl (C=O) groups is 1. The molecule has 0 radical (unpaired) electrons. The zero-order chi connectivity index (χ0) is 21.5. The van der Waals surface area contributed by atoms with E-state index < -0.39 is 0 Å². The summed E-state index contributed by atoms with van der Waals surface area (Å²) in [5.74, 6) is 0.618. The summed E-state index contributed by atoms with van der Waals surface area (Å²) < 4.78 is 5.87. The van der Waals surface area contributed by atoms with Gasteiger partial charge in [-0.15, -0.1) is 0 Å². The Labute approximate surface area is 182 Å². The Kier molecular flexibility index (Phi) is 8.40. The zero-order valence-corrected chi connectivity index (χ0v) is 19.2. The van der Waals surface area contributed by atoms with Gasteiger partial charge in [0.2, 0.25) is 0 Å². The largest absolute Gasteiger partial charge is 0.372 e. The lowest BCUT2D eigenvalue weighted by atomic mass is 9.93. The number of nitrogens with zero attached hydrogens (tertiary/aromatic N) is 2. The molecular formula is C24H40N4O2. The molecule has 168 valence electrons. The van der Waals surface area contributed by atoms with Gasteiger partial charge in [0, 0.05) is 25.7 Å². The molecule has 2 amide bonds. The highest BCUT2D eigenvalue weighted by Gasteiger charge is 2.28. The van der Waals surface area contributed by atoms with Crippen LogP contribution in [-0.4, -0.2) is 61.9 Å². The standard InChI is InChI=1S/C24H40N4O2/c1-5-20(6-2)23(27-13-9-10-14-27)15-25-24(29)26-21-11-7-8-12-22(21)28-16-18(3)30-19(4)17-28/h7-8,11-12,18-20,23H,5-6,9-10,13-17H2,1-4H3,(H2,25,26,29)/t18-,19+,23-/m1/s1. The summed E-state index contributed by atoms with van der Waals surface area (Å²) in [7, 11) is 0. The van der Waals surface area contributed by atoms with Gasteiger partial charge in [-0.05, 0) is 57.8 Å². The van der Waals surface area contributed by atoms with Crippen molar-refractivity contribution in [3.63, 3.8) is 0 Å². The van der Waals surface area contributed by atoms with Crippen LogP contribution in [0, 0.1) is 5.92 Å². The Morgan fingerprint density at radius 1 is 1.10 bits per heavy atom. The fourth-order valence-corrected chi connectivity index (χ4v) is 5.09. The second-order valence-electron chi connectivity index (χ2n) is 8.90. The molecule has 2 aliphatic heterocycles. The van der Waals surface area contributed by atoms with Gasteiger partial charge in [0.05, 0.1) is 23.6 Å². The van der Waals surface area contributed by atoms with Gasteiger partial charge >= 0.3 is 6.03 Å². The highest BCUT2D eigenvalue weighted by molar-refractivity contribution is 5.93. The number of rotatable bonds is 8. The van der Waals surface area contributed by atoms with Crippen molar-refractivity contribution in [3.8, 4) is 0 Å². The third-order valence-corrected chi connectivity index (χ3v) is 6.59. The smallest absolute Gasteiger partial charge is 0.319 e. The molecule has 2 fully saturated rings. The maximum absolute atomic E-state index is 12.8. The molecule has 6 heteroatoms. The number of anilines is 2. The summed E-state index contributed by atoms with van der Waals surface area (Å²) in [5.41, 5.74) is 1.92. The average Bonchev–Trinajstić information content (AvgIpc) is 3.25.